The summed E-state index contributed by atoms with van der Waals surface area (Å²) in [6.07, 6.45) is 13.8. The molecule has 9 heteroatoms. The Morgan fingerprint density at radius 1 is 1.18 bits per heavy atom. The molecule has 0 saturated heterocycles. The van der Waals surface area contributed by atoms with E-state index in [1.54, 1.807) is 18.6 Å². The third-order valence-electron chi connectivity index (χ3n) is 4.15. The molecule has 1 fully saturated rings. The van der Waals surface area contributed by atoms with Gasteiger partial charge in [-0.1, -0.05) is 24.4 Å². The number of pyridine rings is 1. The topological polar surface area (TPSA) is 85.6 Å². The Balaban J connectivity index is 0.000000298. The van der Waals surface area contributed by atoms with Crippen LogP contribution in [0.15, 0.2) is 47.8 Å². The average molecular weight is 407 g/mol. The summed E-state index contributed by atoms with van der Waals surface area (Å²) in [5.74, 6) is 0.829. The number of hydrogen-bond donors (Lipinski definition) is 1. The van der Waals surface area contributed by atoms with Crippen molar-refractivity contribution >= 4 is 17.4 Å². The fraction of sp³-hybridized carbons (Fsp3) is 0.316. The van der Waals surface area contributed by atoms with Gasteiger partial charge in [0, 0.05) is 12.2 Å². The number of nitrogens with zero attached hydrogens (tertiary/aromatic N) is 5. The first-order valence-electron chi connectivity index (χ1n) is 8.75. The predicted octanol–water partition coefficient (Wildman–Crippen LogP) is 0.225. The summed E-state index contributed by atoms with van der Waals surface area (Å²) >= 11 is 5.80. The minimum absolute atomic E-state index is 0. The van der Waals surface area contributed by atoms with Crippen LogP contribution in [0.4, 0.5) is 5.82 Å². The SMILES string of the molecule is Cc1cn[c-]cn1.O=c1c(Cl)ccnn1-c1ccc(NC2CCCC2)nc1.[Na+]. The molecule has 7 nitrogen and oxygen atoms in total. The molecule has 3 aromatic heterocycles. The molecule has 0 aliphatic heterocycles. The van der Waals surface area contributed by atoms with Crippen molar-refractivity contribution in [3.05, 3.63) is 70.3 Å². The molecule has 140 valence electrons. The van der Waals surface area contributed by atoms with Crippen LogP contribution >= 0.6 is 11.6 Å². The van der Waals surface area contributed by atoms with Crippen molar-refractivity contribution in [2.24, 2.45) is 0 Å². The summed E-state index contributed by atoms with van der Waals surface area (Å²) in [4.78, 5) is 23.8. The maximum absolute atomic E-state index is 11.9. The van der Waals surface area contributed by atoms with E-state index in [2.05, 4.69) is 31.6 Å². The monoisotopic (exact) mass is 406 g/mol. The first-order valence-corrected chi connectivity index (χ1v) is 9.13. The van der Waals surface area contributed by atoms with E-state index >= 15 is 0 Å². The molecule has 0 atom stereocenters. The van der Waals surface area contributed by atoms with Gasteiger partial charge in [0.2, 0.25) is 0 Å². The third-order valence-corrected chi connectivity index (χ3v) is 4.44. The van der Waals surface area contributed by atoms with E-state index in [4.69, 9.17) is 11.6 Å². The van der Waals surface area contributed by atoms with Gasteiger partial charge < -0.3 is 10.3 Å². The Morgan fingerprint density at radius 3 is 2.54 bits per heavy atom. The standard InChI is InChI=1S/C14H15ClN4O.C5H5N2.Na/c15-12-7-8-17-19(14(12)20)11-5-6-13(16-9-11)18-10-3-1-2-4-10;1-5-4-6-2-3-7-5;/h5-10H,1-4H2,(H,16,18);3-4H,1H3;/q;-1;+1. The molecule has 3 aromatic rings. The Morgan fingerprint density at radius 2 is 1.96 bits per heavy atom. The molecule has 0 amide bonds. The van der Waals surface area contributed by atoms with Gasteiger partial charge in [0.1, 0.15) is 10.8 Å². The van der Waals surface area contributed by atoms with Gasteiger partial charge in [0.25, 0.3) is 5.56 Å². The van der Waals surface area contributed by atoms with Crippen LogP contribution in [0.5, 0.6) is 0 Å². The summed E-state index contributed by atoms with van der Waals surface area (Å²) < 4.78 is 1.24. The van der Waals surface area contributed by atoms with E-state index in [9.17, 15) is 4.79 Å². The molecule has 28 heavy (non-hydrogen) atoms. The van der Waals surface area contributed by atoms with Gasteiger partial charge in [-0.15, -0.1) is 12.4 Å². The van der Waals surface area contributed by atoms with Gasteiger partial charge in [-0.2, -0.15) is 9.78 Å². The molecule has 0 bridgehead atoms. The molecule has 4 rings (SSSR count). The number of hydrogen-bond acceptors (Lipinski definition) is 6. The molecule has 3 heterocycles. The van der Waals surface area contributed by atoms with E-state index in [1.807, 2.05) is 19.1 Å². The molecule has 0 spiro atoms. The number of aryl methyl sites for hydroxylation is 1. The maximum atomic E-state index is 11.9. The minimum atomic E-state index is -0.340. The van der Waals surface area contributed by atoms with E-state index in [0.29, 0.717) is 11.7 Å². The zero-order chi connectivity index (χ0) is 19.1. The smallest absolute Gasteiger partial charge is 0.456 e. The van der Waals surface area contributed by atoms with Gasteiger partial charge in [-0.3, -0.25) is 9.78 Å². The Labute approximate surface area is 190 Å². The molecule has 0 aromatic carbocycles. The van der Waals surface area contributed by atoms with E-state index < -0.39 is 0 Å². The van der Waals surface area contributed by atoms with Crippen LogP contribution in [0.2, 0.25) is 5.02 Å². The van der Waals surface area contributed by atoms with Crippen LogP contribution in [0.3, 0.4) is 0 Å². The minimum Gasteiger partial charge on any atom is -0.456 e. The quantitative estimate of drug-likeness (QED) is 0.495. The fourth-order valence-corrected chi connectivity index (χ4v) is 2.91. The second-order valence-electron chi connectivity index (χ2n) is 6.21. The Hall–Kier alpha value is -1.80. The van der Waals surface area contributed by atoms with Gasteiger partial charge in [0.05, 0.1) is 11.9 Å². The fourth-order valence-electron chi connectivity index (χ4n) is 2.78. The van der Waals surface area contributed by atoms with Gasteiger partial charge in [-0.25, -0.2) is 4.98 Å². The van der Waals surface area contributed by atoms with Crippen molar-refractivity contribution < 1.29 is 29.6 Å². The Bertz CT molecular complexity index is 914. The van der Waals surface area contributed by atoms with E-state index in [-0.39, 0.29) is 40.1 Å². The number of halogens is 1. The molecule has 1 aliphatic carbocycles. The maximum Gasteiger partial charge on any atom is 1.00 e. The largest absolute Gasteiger partial charge is 1.00 e. The zero-order valence-electron chi connectivity index (χ0n) is 16.0. The summed E-state index contributed by atoms with van der Waals surface area (Å²) in [6, 6.07) is 5.67. The van der Waals surface area contributed by atoms with Crippen LogP contribution in [-0.2, 0) is 0 Å². The third kappa shape index (κ3) is 6.38. The van der Waals surface area contributed by atoms with Crippen LogP contribution < -0.4 is 40.4 Å². The van der Waals surface area contributed by atoms with E-state index in [1.165, 1.54) is 42.6 Å². The van der Waals surface area contributed by atoms with Crippen molar-refractivity contribution in [3.8, 4) is 5.69 Å². The van der Waals surface area contributed by atoms with Crippen molar-refractivity contribution in [3.63, 3.8) is 0 Å². The van der Waals surface area contributed by atoms with Gasteiger partial charge >= 0.3 is 29.6 Å². The molecule has 1 aliphatic rings. The molecule has 1 saturated carbocycles. The number of rotatable bonds is 3. The van der Waals surface area contributed by atoms with Gasteiger partial charge in [0.15, 0.2) is 0 Å². The van der Waals surface area contributed by atoms with Crippen molar-refractivity contribution in [2.45, 2.75) is 38.6 Å². The molecular formula is C19H20ClN6NaO. The second-order valence-corrected chi connectivity index (χ2v) is 6.62. The molecule has 0 unspecified atom stereocenters. The molecular weight excluding hydrogens is 387 g/mol. The van der Waals surface area contributed by atoms with Crippen molar-refractivity contribution in [1.29, 1.82) is 0 Å². The summed E-state index contributed by atoms with van der Waals surface area (Å²) in [5, 5.41) is 7.55. The van der Waals surface area contributed by atoms with Crippen molar-refractivity contribution in [2.75, 3.05) is 5.32 Å². The van der Waals surface area contributed by atoms with Crippen LogP contribution in [0.1, 0.15) is 31.4 Å². The normalized spacial score (nSPS) is 13.2. The number of nitrogens with one attached hydrogen (secondary N) is 1. The summed E-state index contributed by atoms with van der Waals surface area (Å²) in [6.45, 7) is 1.89. The Kier molecular flexibility index (Phi) is 9.05. The summed E-state index contributed by atoms with van der Waals surface area (Å²) in [7, 11) is 0. The van der Waals surface area contributed by atoms with E-state index in [0.717, 1.165) is 11.5 Å². The number of anilines is 1. The molecule has 0 radical (unpaired) electrons. The molecule has 1 N–H and O–H groups in total. The predicted molar refractivity (Wildman–Crippen MR) is 104 cm³/mol. The van der Waals surface area contributed by atoms with Crippen LogP contribution in [0, 0.1) is 13.1 Å². The van der Waals surface area contributed by atoms with Crippen LogP contribution in [0.25, 0.3) is 5.69 Å². The number of aromatic nitrogens is 5. The van der Waals surface area contributed by atoms with Gasteiger partial charge in [-0.05, 0) is 49.9 Å². The first kappa shape index (κ1) is 22.5. The first-order chi connectivity index (χ1) is 13.1. The zero-order valence-corrected chi connectivity index (χ0v) is 18.7. The summed E-state index contributed by atoms with van der Waals surface area (Å²) in [5.41, 5.74) is 1.20. The van der Waals surface area contributed by atoms with Crippen molar-refractivity contribution in [1.82, 2.24) is 24.7 Å². The second kappa shape index (κ2) is 11.3. The van der Waals surface area contributed by atoms with Crippen LogP contribution in [-0.4, -0.2) is 30.8 Å². The average Bonchev–Trinajstić information content (AvgIpc) is 3.19.